The van der Waals surface area contributed by atoms with E-state index < -0.39 is 0 Å². The van der Waals surface area contributed by atoms with Crippen LogP contribution in [0.5, 0.6) is 0 Å². The van der Waals surface area contributed by atoms with Crippen molar-refractivity contribution in [2.45, 2.75) is 33.7 Å². The third-order valence-electron chi connectivity index (χ3n) is 3.55. The number of hydrogen-bond acceptors (Lipinski definition) is 4. The summed E-state index contributed by atoms with van der Waals surface area (Å²) in [5, 5.41) is 14.3. The van der Waals surface area contributed by atoms with Gasteiger partial charge in [-0.1, -0.05) is 6.92 Å². The number of aryl methyl sites for hydroxylation is 1. The van der Waals surface area contributed by atoms with Crippen LogP contribution in [0.2, 0.25) is 0 Å². The first-order chi connectivity index (χ1) is 10.0. The molecule has 2 aromatic rings. The van der Waals surface area contributed by atoms with E-state index in [-0.39, 0.29) is 10.6 Å². The fourth-order valence-corrected chi connectivity index (χ4v) is 2.14. The number of aromatic nitrogens is 2. The Kier molecular flexibility index (Phi) is 4.57. The highest BCUT2D eigenvalue weighted by Crippen LogP contribution is 2.24. The zero-order chi connectivity index (χ0) is 15.4. The van der Waals surface area contributed by atoms with E-state index >= 15 is 0 Å². The summed E-state index contributed by atoms with van der Waals surface area (Å²) in [6.07, 6.45) is 2.77. The zero-order valence-corrected chi connectivity index (χ0v) is 12.6. The largest absolute Gasteiger partial charge is 0.385 e. The summed E-state index contributed by atoms with van der Waals surface area (Å²) < 4.78 is 2.01. The molecule has 0 aliphatic carbocycles. The maximum Gasteiger partial charge on any atom is 0.269 e. The molecule has 0 aliphatic heterocycles. The second-order valence-corrected chi connectivity index (χ2v) is 5.07. The molecule has 2 rings (SSSR count). The Balaban J connectivity index is 2.35. The number of hydrogen-bond donors (Lipinski definition) is 1. The number of nitro benzene ring substituents is 1. The molecule has 1 heterocycles. The first-order valence-corrected chi connectivity index (χ1v) is 7.02. The molecule has 0 atom stereocenters. The Morgan fingerprint density at radius 3 is 2.71 bits per heavy atom. The molecule has 0 saturated carbocycles. The SMILES string of the molecule is CCCNc1ccc([N+](=O)[O-])cc1Cn1cnc(C)c1C. The Morgan fingerprint density at radius 1 is 1.38 bits per heavy atom. The topological polar surface area (TPSA) is 73.0 Å². The molecule has 1 N–H and O–H groups in total. The molecule has 1 aromatic heterocycles. The van der Waals surface area contributed by atoms with Crippen molar-refractivity contribution in [2.24, 2.45) is 0 Å². The Labute approximate surface area is 124 Å². The molecule has 0 amide bonds. The van der Waals surface area contributed by atoms with Gasteiger partial charge in [0.05, 0.1) is 23.5 Å². The van der Waals surface area contributed by atoms with Crippen LogP contribution >= 0.6 is 0 Å². The van der Waals surface area contributed by atoms with Gasteiger partial charge in [-0.05, 0) is 26.3 Å². The van der Waals surface area contributed by atoms with E-state index in [4.69, 9.17) is 0 Å². The van der Waals surface area contributed by atoms with Gasteiger partial charge in [-0.3, -0.25) is 10.1 Å². The van der Waals surface area contributed by atoms with Crippen molar-refractivity contribution >= 4 is 11.4 Å². The Bertz CT molecular complexity index is 649. The van der Waals surface area contributed by atoms with E-state index in [1.807, 2.05) is 18.4 Å². The lowest BCUT2D eigenvalue weighted by molar-refractivity contribution is -0.384. The second-order valence-electron chi connectivity index (χ2n) is 5.07. The molecule has 0 spiro atoms. The van der Waals surface area contributed by atoms with Gasteiger partial charge in [0, 0.05) is 35.6 Å². The van der Waals surface area contributed by atoms with E-state index in [0.717, 1.165) is 35.6 Å². The van der Waals surface area contributed by atoms with Gasteiger partial charge in [-0.25, -0.2) is 4.98 Å². The minimum Gasteiger partial charge on any atom is -0.385 e. The predicted molar refractivity (Wildman–Crippen MR) is 82.7 cm³/mol. The molecule has 6 heteroatoms. The van der Waals surface area contributed by atoms with Gasteiger partial charge in [-0.15, -0.1) is 0 Å². The first kappa shape index (κ1) is 15.0. The number of anilines is 1. The van der Waals surface area contributed by atoms with Crippen LogP contribution in [0.3, 0.4) is 0 Å². The van der Waals surface area contributed by atoms with E-state index in [1.54, 1.807) is 18.5 Å². The quantitative estimate of drug-likeness (QED) is 0.654. The van der Waals surface area contributed by atoms with Crippen molar-refractivity contribution in [3.63, 3.8) is 0 Å². The van der Waals surface area contributed by atoms with E-state index in [2.05, 4.69) is 17.2 Å². The van der Waals surface area contributed by atoms with E-state index in [9.17, 15) is 10.1 Å². The lowest BCUT2D eigenvalue weighted by atomic mass is 10.1. The van der Waals surface area contributed by atoms with Crippen LogP contribution in [-0.4, -0.2) is 21.0 Å². The van der Waals surface area contributed by atoms with Gasteiger partial charge in [0.1, 0.15) is 0 Å². The maximum absolute atomic E-state index is 11.0. The van der Waals surface area contributed by atoms with Gasteiger partial charge in [0.2, 0.25) is 0 Å². The van der Waals surface area contributed by atoms with Gasteiger partial charge >= 0.3 is 0 Å². The smallest absolute Gasteiger partial charge is 0.269 e. The summed E-state index contributed by atoms with van der Waals surface area (Å²) in [6, 6.07) is 4.95. The first-order valence-electron chi connectivity index (χ1n) is 7.02. The standard InChI is InChI=1S/C15H20N4O2/c1-4-7-16-15-6-5-14(19(20)21)8-13(15)9-18-10-17-11(2)12(18)3/h5-6,8,10,16H,4,7,9H2,1-3H3. The average Bonchev–Trinajstić information content (AvgIpc) is 2.77. The number of non-ortho nitro benzene ring substituents is 1. The van der Waals surface area contributed by atoms with Gasteiger partial charge in [0.25, 0.3) is 5.69 Å². The summed E-state index contributed by atoms with van der Waals surface area (Å²) in [7, 11) is 0. The molecule has 0 bridgehead atoms. The molecule has 0 fully saturated rings. The number of imidazole rings is 1. The van der Waals surface area contributed by atoms with Crippen LogP contribution in [0.4, 0.5) is 11.4 Å². The fraction of sp³-hybridized carbons (Fsp3) is 0.400. The van der Waals surface area contributed by atoms with Crippen LogP contribution < -0.4 is 5.32 Å². The molecule has 0 unspecified atom stereocenters. The highest BCUT2D eigenvalue weighted by Gasteiger charge is 2.12. The third kappa shape index (κ3) is 3.39. The van der Waals surface area contributed by atoms with Gasteiger partial charge in [-0.2, -0.15) is 0 Å². The molecule has 0 saturated heterocycles. The number of nitrogens with zero attached hydrogens (tertiary/aromatic N) is 3. The highest BCUT2D eigenvalue weighted by molar-refractivity contribution is 5.56. The number of benzene rings is 1. The summed E-state index contributed by atoms with van der Waals surface area (Å²) in [6.45, 7) is 7.45. The van der Waals surface area contributed by atoms with Gasteiger partial charge in [0.15, 0.2) is 0 Å². The van der Waals surface area contributed by atoms with Crippen molar-refractivity contribution in [1.29, 1.82) is 0 Å². The van der Waals surface area contributed by atoms with Crippen LogP contribution in [0.1, 0.15) is 30.3 Å². The monoisotopic (exact) mass is 288 g/mol. The molecule has 0 aliphatic rings. The molecular weight excluding hydrogens is 268 g/mol. The van der Waals surface area contributed by atoms with Crippen molar-refractivity contribution in [3.05, 3.63) is 51.6 Å². The van der Waals surface area contributed by atoms with Crippen molar-refractivity contribution in [3.8, 4) is 0 Å². The molecule has 21 heavy (non-hydrogen) atoms. The normalized spacial score (nSPS) is 10.6. The van der Waals surface area contributed by atoms with Crippen LogP contribution in [0.25, 0.3) is 0 Å². The van der Waals surface area contributed by atoms with Crippen LogP contribution in [0, 0.1) is 24.0 Å². The molecular formula is C15H20N4O2. The van der Waals surface area contributed by atoms with Crippen molar-refractivity contribution < 1.29 is 4.92 Å². The lowest BCUT2D eigenvalue weighted by Crippen LogP contribution is -2.08. The number of rotatable bonds is 6. The third-order valence-corrected chi connectivity index (χ3v) is 3.55. The predicted octanol–water partition coefficient (Wildman–Crippen LogP) is 3.28. The molecule has 6 nitrogen and oxygen atoms in total. The van der Waals surface area contributed by atoms with Crippen molar-refractivity contribution in [2.75, 3.05) is 11.9 Å². The molecule has 0 radical (unpaired) electrons. The number of nitro groups is 1. The number of nitrogens with one attached hydrogen (secondary N) is 1. The average molecular weight is 288 g/mol. The van der Waals surface area contributed by atoms with E-state index in [1.165, 1.54) is 6.07 Å². The summed E-state index contributed by atoms with van der Waals surface area (Å²) in [5.74, 6) is 0. The van der Waals surface area contributed by atoms with Crippen molar-refractivity contribution in [1.82, 2.24) is 9.55 Å². The lowest BCUT2D eigenvalue weighted by Gasteiger charge is -2.13. The maximum atomic E-state index is 11.0. The fourth-order valence-electron chi connectivity index (χ4n) is 2.14. The van der Waals surface area contributed by atoms with Crippen LogP contribution in [-0.2, 0) is 6.54 Å². The summed E-state index contributed by atoms with van der Waals surface area (Å²) in [4.78, 5) is 14.9. The Morgan fingerprint density at radius 2 is 2.14 bits per heavy atom. The summed E-state index contributed by atoms with van der Waals surface area (Å²) in [5.41, 5.74) is 4.00. The minimum absolute atomic E-state index is 0.113. The molecule has 112 valence electrons. The second kappa shape index (κ2) is 6.39. The zero-order valence-electron chi connectivity index (χ0n) is 12.6. The Hall–Kier alpha value is -2.37. The molecule has 1 aromatic carbocycles. The highest BCUT2D eigenvalue weighted by atomic mass is 16.6. The minimum atomic E-state index is -0.362. The van der Waals surface area contributed by atoms with Gasteiger partial charge < -0.3 is 9.88 Å². The summed E-state index contributed by atoms with van der Waals surface area (Å²) >= 11 is 0. The van der Waals surface area contributed by atoms with E-state index in [0.29, 0.717) is 6.54 Å². The van der Waals surface area contributed by atoms with Crippen LogP contribution in [0.15, 0.2) is 24.5 Å².